The van der Waals surface area contributed by atoms with Crippen LogP contribution >= 0.6 is 0 Å². The number of nitrogens with one attached hydrogen (secondary N) is 2. The predicted octanol–water partition coefficient (Wildman–Crippen LogP) is 1.50. The molecule has 1 heterocycles. The van der Waals surface area contributed by atoms with E-state index in [2.05, 4.69) is 10.3 Å². The number of H-pyrrole nitrogens is 1. The van der Waals surface area contributed by atoms with Gasteiger partial charge in [-0.1, -0.05) is 6.07 Å². The quantitative estimate of drug-likeness (QED) is 0.832. The smallest absolute Gasteiger partial charge is 0.272 e. The largest absolute Gasteiger partial charge is 0.321 e. The van der Waals surface area contributed by atoms with Gasteiger partial charge in [-0.05, 0) is 30.3 Å². The number of aromatic amines is 1. The number of rotatable bonds is 2. The predicted molar refractivity (Wildman–Crippen MR) is 66.2 cm³/mol. The third kappa shape index (κ3) is 2.62. The van der Waals surface area contributed by atoms with Crippen LogP contribution in [-0.2, 0) is 0 Å². The number of anilines is 1. The second kappa shape index (κ2) is 4.97. The fourth-order valence-electron chi connectivity index (χ4n) is 1.41. The average Bonchev–Trinajstić information content (AvgIpc) is 2.39. The molecule has 5 heteroatoms. The normalized spacial score (nSPS) is 9.50. The van der Waals surface area contributed by atoms with Crippen LogP contribution in [0.15, 0.2) is 47.3 Å². The summed E-state index contributed by atoms with van der Waals surface area (Å²) in [6.45, 7) is 0. The summed E-state index contributed by atoms with van der Waals surface area (Å²) in [6, 6.07) is 12.8. The Balaban J connectivity index is 2.16. The summed E-state index contributed by atoms with van der Waals surface area (Å²) in [4.78, 5) is 25.3. The SMILES string of the molecule is N#Cc1ccc(NC(=O)c2cccc(=O)[nH]2)cc1. The Kier molecular flexibility index (Phi) is 3.21. The maximum Gasteiger partial charge on any atom is 0.272 e. The van der Waals surface area contributed by atoms with Crippen LogP contribution in [0.2, 0.25) is 0 Å². The molecule has 1 aromatic carbocycles. The fourth-order valence-corrected chi connectivity index (χ4v) is 1.41. The van der Waals surface area contributed by atoms with E-state index < -0.39 is 5.91 Å². The number of hydrogen-bond donors (Lipinski definition) is 2. The van der Waals surface area contributed by atoms with Gasteiger partial charge in [0.2, 0.25) is 5.56 Å². The molecule has 1 aromatic heterocycles. The summed E-state index contributed by atoms with van der Waals surface area (Å²) in [5.41, 5.74) is 0.930. The van der Waals surface area contributed by atoms with Crippen molar-refractivity contribution in [1.29, 1.82) is 5.26 Å². The molecule has 0 aliphatic heterocycles. The lowest BCUT2D eigenvalue weighted by molar-refractivity contribution is 0.102. The molecule has 0 atom stereocenters. The Labute approximate surface area is 103 Å². The summed E-state index contributed by atoms with van der Waals surface area (Å²) >= 11 is 0. The molecule has 0 aliphatic carbocycles. The molecule has 0 bridgehead atoms. The molecular weight excluding hydrogens is 230 g/mol. The highest BCUT2D eigenvalue weighted by Crippen LogP contribution is 2.09. The van der Waals surface area contributed by atoms with Crippen LogP contribution in [0.4, 0.5) is 5.69 Å². The first-order valence-corrected chi connectivity index (χ1v) is 5.20. The molecule has 0 saturated heterocycles. The zero-order chi connectivity index (χ0) is 13.0. The van der Waals surface area contributed by atoms with Gasteiger partial charge < -0.3 is 10.3 Å². The van der Waals surface area contributed by atoms with Gasteiger partial charge in [-0.2, -0.15) is 5.26 Å². The average molecular weight is 239 g/mol. The van der Waals surface area contributed by atoms with Crippen molar-refractivity contribution in [3.8, 4) is 6.07 Å². The first kappa shape index (κ1) is 11.6. The van der Waals surface area contributed by atoms with Gasteiger partial charge in [0.1, 0.15) is 5.69 Å². The van der Waals surface area contributed by atoms with Gasteiger partial charge in [-0.15, -0.1) is 0 Å². The number of pyridine rings is 1. The minimum Gasteiger partial charge on any atom is -0.321 e. The molecule has 2 rings (SSSR count). The highest BCUT2D eigenvalue weighted by molar-refractivity contribution is 6.02. The van der Waals surface area contributed by atoms with Crippen LogP contribution in [0.1, 0.15) is 16.1 Å². The van der Waals surface area contributed by atoms with E-state index in [1.807, 2.05) is 6.07 Å². The Morgan fingerprint density at radius 1 is 1.17 bits per heavy atom. The number of aromatic nitrogens is 1. The third-order valence-electron chi connectivity index (χ3n) is 2.28. The number of nitriles is 1. The lowest BCUT2D eigenvalue weighted by Crippen LogP contribution is -2.17. The number of carbonyl (C=O) groups is 1. The minimum atomic E-state index is -0.405. The summed E-state index contributed by atoms with van der Waals surface area (Å²) in [7, 11) is 0. The second-order valence-corrected chi connectivity index (χ2v) is 3.57. The molecule has 5 nitrogen and oxygen atoms in total. The Bertz CT molecular complexity index is 666. The first-order chi connectivity index (χ1) is 8.69. The number of amides is 1. The zero-order valence-electron chi connectivity index (χ0n) is 9.31. The topological polar surface area (TPSA) is 85.8 Å². The number of carbonyl (C=O) groups excluding carboxylic acids is 1. The van der Waals surface area contributed by atoms with E-state index >= 15 is 0 Å². The third-order valence-corrected chi connectivity index (χ3v) is 2.28. The number of benzene rings is 1. The van der Waals surface area contributed by atoms with Gasteiger partial charge in [0.25, 0.3) is 5.91 Å². The summed E-state index contributed by atoms with van der Waals surface area (Å²) in [5, 5.41) is 11.3. The first-order valence-electron chi connectivity index (χ1n) is 5.20. The molecule has 1 amide bonds. The van der Waals surface area contributed by atoms with Gasteiger partial charge in [-0.25, -0.2) is 0 Å². The molecule has 0 saturated carbocycles. The lowest BCUT2D eigenvalue weighted by atomic mass is 10.2. The van der Waals surface area contributed by atoms with E-state index in [1.54, 1.807) is 24.3 Å². The molecule has 88 valence electrons. The van der Waals surface area contributed by atoms with Crippen LogP contribution in [0.5, 0.6) is 0 Å². The Hall–Kier alpha value is -2.87. The van der Waals surface area contributed by atoms with Crippen LogP contribution < -0.4 is 10.9 Å². The van der Waals surface area contributed by atoms with Gasteiger partial charge in [-0.3, -0.25) is 9.59 Å². The summed E-state index contributed by atoms with van der Waals surface area (Å²) in [6.07, 6.45) is 0. The molecule has 0 fully saturated rings. The molecule has 0 aliphatic rings. The molecule has 0 radical (unpaired) electrons. The maximum absolute atomic E-state index is 11.8. The molecule has 2 N–H and O–H groups in total. The van der Waals surface area contributed by atoms with Crippen LogP contribution in [-0.4, -0.2) is 10.9 Å². The van der Waals surface area contributed by atoms with Gasteiger partial charge in [0.05, 0.1) is 11.6 Å². The summed E-state index contributed by atoms with van der Waals surface area (Å²) < 4.78 is 0. The van der Waals surface area contributed by atoms with Crippen molar-refractivity contribution < 1.29 is 4.79 Å². The molecule has 18 heavy (non-hydrogen) atoms. The fraction of sp³-hybridized carbons (Fsp3) is 0. The molecule has 0 unspecified atom stereocenters. The highest BCUT2D eigenvalue weighted by atomic mass is 16.2. The van der Waals surface area contributed by atoms with Crippen LogP contribution in [0.25, 0.3) is 0 Å². The standard InChI is InChI=1S/C13H9N3O2/c14-8-9-4-6-10(7-5-9)15-13(18)11-2-1-3-12(17)16-11/h1-7H,(H,15,18)(H,16,17). The second-order valence-electron chi connectivity index (χ2n) is 3.57. The minimum absolute atomic E-state index is 0.187. The van der Waals surface area contributed by atoms with Crippen molar-refractivity contribution >= 4 is 11.6 Å². The van der Waals surface area contributed by atoms with Crippen molar-refractivity contribution in [3.05, 3.63) is 64.1 Å². The van der Waals surface area contributed by atoms with Gasteiger partial charge in [0.15, 0.2) is 0 Å². The van der Waals surface area contributed by atoms with E-state index in [4.69, 9.17) is 5.26 Å². The van der Waals surface area contributed by atoms with Gasteiger partial charge in [0, 0.05) is 11.8 Å². The highest BCUT2D eigenvalue weighted by Gasteiger charge is 2.06. The van der Waals surface area contributed by atoms with Crippen molar-refractivity contribution in [1.82, 2.24) is 4.98 Å². The van der Waals surface area contributed by atoms with E-state index in [0.717, 1.165) is 0 Å². The Morgan fingerprint density at radius 2 is 1.89 bits per heavy atom. The Morgan fingerprint density at radius 3 is 2.50 bits per heavy atom. The van der Waals surface area contributed by atoms with Crippen LogP contribution in [0.3, 0.4) is 0 Å². The van der Waals surface area contributed by atoms with Gasteiger partial charge >= 0.3 is 0 Å². The lowest BCUT2D eigenvalue weighted by Gasteiger charge is -2.04. The van der Waals surface area contributed by atoms with E-state index in [1.165, 1.54) is 18.2 Å². The monoisotopic (exact) mass is 239 g/mol. The van der Waals surface area contributed by atoms with Crippen molar-refractivity contribution in [2.75, 3.05) is 5.32 Å². The number of hydrogen-bond acceptors (Lipinski definition) is 3. The van der Waals surface area contributed by atoms with E-state index in [0.29, 0.717) is 11.3 Å². The van der Waals surface area contributed by atoms with Crippen LogP contribution in [0, 0.1) is 11.3 Å². The van der Waals surface area contributed by atoms with Crippen molar-refractivity contribution in [3.63, 3.8) is 0 Å². The van der Waals surface area contributed by atoms with Crippen molar-refractivity contribution in [2.45, 2.75) is 0 Å². The maximum atomic E-state index is 11.8. The zero-order valence-corrected chi connectivity index (χ0v) is 9.31. The molecule has 0 spiro atoms. The number of nitrogens with zero attached hydrogens (tertiary/aromatic N) is 1. The van der Waals surface area contributed by atoms with Crippen molar-refractivity contribution in [2.24, 2.45) is 0 Å². The van der Waals surface area contributed by atoms with E-state index in [-0.39, 0.29) is 11.3 Å². The molecule has 2 aromatic rings. The van der Waals surface area contributed by atoms with E-state index in [9.17, 15) is 9.59 Å². The summed E-state index contributed by atoms with van der Waals surface area (Å²) in [5.74, 6) is -0.405. The molecular formula is C13H9N3O2.